The number of nitrogens with zero attached hydrogens (tertiary/aromatic N) is 1. The van der Waals surface area contributed by atoms with Gasteiger partial charge in [-0.05, 0) is 61.8 Å². The van der Waals surface area contributed by atoms with Gasteiger partial charge in [-0.2, -0.15) is 0 Å². The van der Waals surface area contributed by atoms with Gasteiger partial charge in [0.2, 0.25) is 6.79 Å². The SMILES string of the molecule is CCCCCCCCCCCC/C=C\CCCCCCCC(=O)O[C@H]1[C@H]2c3cc4c(cc3CN3CCC(=C[C@@H]1O)[C@H]23)OCO4. The summed E-state index contributed by atoms with van der Waals surface area (Å²) in [7, 11) is 0. The number of aliphatic hydroxyl groups is 1. The molecule has 0 unspecified atom stereocenters. The summed E-state index contributed by atoms with van der Waals surface area (Å²) >= 11 is 0. The fraction of sp³-hybridized carbons (Fsp3) is 0.711. The van der Waals surface area contributed by atoms with Crippen LogP contribution < -0.4 is 9.47 Å². The highest BCUT2D eigenvalue weighted by Crippen LogP contribution is 2.50. The fourth-order valence-electron chi connectivity index (χ4n) is 7.73. The smallest absolute Gasteiger partial charge is 0.306 e. The summed E-state index contributed by atoms with van der Waals surface area (Å²) in [5.74, 6) is 1.24. The minimum atomic E-state index is -0.787. The zero-order valence-corrected chi connectivity index (χ0v) is 27.3. The van der Waals surface area contributed by atoms with Gasteiger partial charge in [-0.1, -0.05) is 108 Å². The molecule has 0 bridgehead atoms. The van der Waals surface area contributed by atoms with Gasteiger partial charge in [-0.25, -0.2) is 0 Å². The van der Waals surface area contributed by atoms with Gasteiger partial charge in [0.25, 0.3) is 0 Å². The van der Waals surface area contributed by atoms with Crippen molar-refractivity contribution in [2.24, 2.45) is 0 Å². The van der Waals surface area contributed by atoms with Gasteiger partial charge in [-0.15, -0.1) is 0 Å². The zero-order valence-electron chi connectivity index (χ0n) is 27.3. The molecule has 4 atom stereocenters. The molecule has 1 saturated heterocycles. The topological polar surface area (TPSA) is 68.2 Å². The average molecular weight is 608 g/mol. The second-order valence-corrected chi connectivity index (χ2v) is 13.5. The lowest BCUT2D eigenvalue weighted by Gasteiger charge is -2.45. The number of carbonyl (C=O) groups excluding carboxylic acids is 1. The van der Waals surface area contributed by atoms with Gasteiger partial charge in [-0.3, -0.25) is 9.69 Å². The van der Waals surface area contributed by atoms with Gasteiger partial charge in [0.1, 0.15) is 12.2 Å². The second-order valence-electron chi connectivity index (χ2n) is 13.5. The largest absolute Gasteiger partial charge is 0.459 e. The van der Waals surface area contributed by atoms with Crippen molar-refractivity contribution >= 4 is 5.97 Å². The first-order chi connectivity index (χ1) is 21.7. The number of aliphatic hydroxyl groups excluding tert-OH is 1. The molecule has 0 aromatic heterocycles. The fourth-order valence-corrected chi connectivity index (χ4v) is 7.73. The third kappa shape index (κ3) is 8.90. The van der Waals surface area contributed by atoms with E-state index in [0.29, 0.717) is 6.42 Å². The summed E-state index contributed by atoms with van der Waals surface area (Å²) in [6.45, 7) is 4.32. The summed E-state index contributed by atoms with van der Waals surface area (Å²) < 4.78 is 17.4. The van der Waals surface area contributed by atoms with E-state index in [9.17, 15) is 9.90 Å². The Labute approximate surface area is 266 Å². The molecule has 0 saturated carbocycles. The van der Waals surface area contributed by atoms with Crippen LogP contribution in [0.3, 0.4) is 0 Å². The molecule has 1 aromatic rings. The first-order valence-electron chi connectivity index (χ1n) is 18.1. The normalized spacial score (nSPS) is 23.5. The van der Waals surface area contributed by atoms with Gasteiger partial charge in [0.15, 0.2) is 11.5 Å². The Morgan fingerprint density at radius 3 is 2.18 bits per heavy atom. The highest BCUT2D eigenvalue weighted by Gasteiger charge is 2.50. The average Bonchev–Trinajstić information content (AvgIpc) is 3.65. The van der Waals surface area contributed by atoms with Gasteiger partial charge in [0, 0.05) is 31.5 Å². The summed E-state index contributed by atoms with van der Waals surface area (Å²) in [5, 5.41) is 11.1. The molecule has 3 heterocycles. The molecule has 0 spiro atoms. The van der Waals surface area contributed by atoms with Crippen LogP contribution in [0.2, 0.25) is 0 Å². The van der Waals surface area contributed by atoms with Crippen molar-refractivity contribution in [3.63, 3.8) is 0 Å². The zero-order chi connectivity index (χ0) is 30.6. The molecule has 1 aromatic carbocycles. The molecule has 5 rings (SSSR count). The summed E-state index contributed by atoms with van der Waals surface area (Å²) in [6, 6.07) is 4.30. The first kappa shape index (κ1) is 33.1. The number of esters is 1. The Hall–Kier alpha value is -2.31. The van der Waals surface area contributed by atoms with Crippen molar-refractivity contribution in [1.82, 2.24) is 4.90 Å². The van der Waals surface area contributed by atoms with Crippen LogP contribution in [0.4, 0.5) is 0 Å². The third-order valence-corrected chi connectivity index (χ3v) is 10.2. The molecule has 0 amide bonds. The molecular formula is C38H57NO5. The summed E-state index contributed by atoms with van der Waals surface area (Å²) in [6.07, 6.45) is 28.5. The molecule has 244 valence electrons. The number of hydrogen-bond acceptors (Lipinski definition) is 6. The van der Waals surface area contributed by atoms with Crippen molar-refractivity contribution in [2.75, 3.05) is 13.3 Å². The number of ether oxygens (including phenoxy) is 3. The van der Waals surface area contributed by atoms with E-state index in [2.05, 4.69) is 36.1 Å². The van der Waals surface area contributed by atoms with Gasteiger partial charge < -0.3 is 19.3 Å². The number of hydrogen-bond donors (Lipinski definition) is 1. The van der Waals surface area contributed by atoms with Crippen molar-refractivity contribution in [3.05, 3.63) is 47.1 Å². The monoisotopic (exact) mass is 607 g/mol. The molecule has 3 aliphatic heterocycles. The maximum absolute atomic E-state index is 13.0. The third-order valence-electron chi connectivity index (χ3n) is 10.2. The van der Waals surface area contributed by atoms with Crippen LogP contribution in [0.25, 0.3) is 0 Å². The molecule has 44 heavy (non-hydrogen) atoms. The van der Waals surface area contributed by atoms with Crippen LogP contribution in [0, 0.1) is 0 Å². The maximum atomic E-state index is 13.0. The number of fused-ring (bicyclic) bond motifs is 3. The minimum Gasteiger partial charge on any atom is -0.459 e. The van der Waals surface area contributed by atoms with Crippen LogP contribution in [0.1, 0.15) is 146 Å². The summed E-state index contributed by atoms with van der Waals surface area (Å²) in [5.41, 5.74) is 3.57. The highest BCUT2D eigenvalue weighted by molar-refractivity contribution is 5.70. The predicted molar refractivity (Wildman–Crippen MR) is 176 cm³/mol. The Balaban J connectivity index is 0.939. The van der Waals surface area contributed by atoms with Crippen LogP contribution in [0.5, 0.6) is 11.5 Å². The predicted octanol–water partition coefficient (Wildman–Crippen LogP) is 8.90. The van der Waals surface area contributed by atoms with Crippen molar-refractivity contribution in [2.45, 2.75) is 160 Å². The van der Waals surface area contributed by atoms with Crippen molar-refractivity contribution in [1.29, 1.82) is 0 Å². The second kappa shape index (κ2) is 17.4. The van der Waals surface area contributed by atoms with E-state index in [-0.39, 0.29) is 24.7 Å². The molecule has 1 N–H and O–H groups in total. The lowest BCUT2D eigenvalue weighted by Crippen LogP contribution is -2.51. The van der Waals surface area contributed by atoms with Crippen LogP contribution in [-0.2, 0) is 16.1 Å². The minimum absolute atomic E-state index is 0.0899. The molecule has 1 fully saturated rings. The quantitative estimate of drug-likeness (QED) is 0.0907. The van der Waals surface area contributed by atoms with E-state index >= 15 is 0 Å². The molecule has 6 nitrogen and oxygen atoms in total. The van der Waals surface area contributed by atoms with E-state index in [1.165, 1.54) is 94.6 Å². The van der Waals surface area contributed by atoms with E-state index in [4.69, 9.17) is 14.2 Å². The lowest BCUT2D eigenvalue weighted by atomic mass is 9.73. The lowest BCUT2D eigenvalue weighted by molar-refractivity contribution is -0.157. The van der Waals surface area contributed by atoms with Crippen LogP contribution in [0.15, 0.2) is 35.9 Å². The number of benzene rings is 1. The molecular weight excluding hydrogens is 550 g/mol. The maximum Gasteiger partial charge on any atom is 0.306 e. The molecule has 6 heteroatoms. The van der Waals surface area contributed by atoms with Gasteiger partial charge >= 0.3 is 5.97 Å². The van der Waals surface area contributed by atoms with Crippen LogP contribution in [-0.4, -0.2) is 47.6 Å². The standard InChI is InChI=1S/C38H57NO5/c1-2-3-4-5-6-7-8-9-10-11-12-13-14-15-16-17-18-19-20-21-35(41)44-38-32(40)24-29-22-23-39-27-30-25-33-34(43-28-42-33)26-31(30)36(38)37(29)39/h13-14,24-26,32,36-38,40H,2-12,15-23,27-28H2,1H3/b14-13-/t32-,36-,37+,38+/m0/s1. The number of allylic oxidation sites excluding steroid dienone is 2. The summed E-state index contributed by atoms with van der Waals surface area (Å²) in [4.78, 5) is 15.4. The first-order valence-corrected chi connectivity index (χ1v) is 18.1. The van der Waals surface area contributed by atoms with Crippen LogP contribution >= 0.6 is 0 Å². The number of carbonyl (C=O) groups is 1. The van der Waals surface area contributed by atoms with Crippen molar-refractivity contribution < 1.29 is 24.1 Å². The number of unbranched alkanes of at least 4 members (excludes halogenated alkanes) is 15. The van der Waals surface area contributed by atoms with E-state index in [0.717, 1.165) is 62.3 Å². The Bertz CT molecular complexity index is 1110. The Morgan fingerprint density at radius 1 is 0.886 bits per heavy atom. The van der Waals surface area contributed by atoms with Gasteiger partial charge in [0.05, 0.1) is 0 Å². The molecule has 0 radical (unpaired) electrons. The van der Waals surface area contributed by atoms with E-state index in [1.807, 2.05) is 6.08 Å². The Kier molecular flexibility index (Phi) is 13.1. The Morgan fingerprint density at radius 2 is 1.50 bits per heavy atom. The number of rotatable bonds is 20. The van der Waals surface area contributed by atoms with E-state index in [1.54, 1.807) is 0 Å². The highest BCUT2D eigenvalue weighted by atomic mass is 16.7. The molecule has 4 aliphatic rings. The van der Waals surface area contributed by atoms with Crippen molar-refractivity contribution in [3.8, 4) is 11.5 Å². The molecule has 1 aliphatic carbocycles. The van der Waals surface area contributed by atoms with E-state index < -0.39 is 12.2 Å².